The Balaban J connectivity index is 2.04. The number of hydrogen-bond acceptors (Lipinski definition) is 4. The van der Waals surface area contributed by atoms with Gasteiger partial charge in [-0.25, -0.2) is 4.39 Å². The Morgan fingerprint density at radius 1 is 1.26 bits per heavy atom. The minimum absolute atomic E-state index is 0.0742. The lowest BCUT2D eigenvalue weighted by Gasteiger charge is -2.14. The summed E-state index contributed by atoms with van der Waals surface area (Å²) in [5.74, 6) is -0.516. The van der Waals surface area contributed by atoms with Gasteiger partial charge in [-0.3, -0.25) is 14.9 Å². The van der Waals surface area contributed by atoms with Gasteiger partial charge in [0.1, 0.15) is 11.6 Å². The zero-order valence-electron chi connectivity index (χ0n) is 12.6. The molecule has 1 atom stereocenters. The highest BCUT2D eigenvalue weighted by Crippen LogP contribution is 2.22. The van der Waals surface area contributed by atoms with Crippen molar-refractivity contribution in [3.05, 3.63) is 64.0 Å². The predicted molar refractivity (Wildman–Crippen MR) is 83.0 cm³/mol. The zero-order valence-corrected chi connectivity index (χ0v) is 12.6. The lowest BCUT2D eigenvalue weighted by atomic mass is 10.2. The molecule has 1 amide bonds. The van der Waals surface area contributed by atoms with E-state index in [-0.39, 0.29) is 5.69 Å². The average molecular weight is 318 g/mol. The van der Waals surface area contributed by atoms with Crippen molar-refractivity contribution in [2.75, 3.05) is 5.32 Å². The molecular formula is C16H15FN2O4. The van der Waals surface area contributed by atoms with Crippen LogP contribution in [0.5, 0.6) is 5.75 Å². The molecule has 0 fully saturated rings. The first-order chi connectivity index (χ1) is 10.9. The molecule has 2 aromatic rings. The predicted octanol–water partition coefficient (Wildman–Crippen LogP) is 3.45. The maximum Gasteiger partial charge on any atom is 0.274 e. The number of carbonyl (C=O) groups excluding carboxylic acids is 1. The fraction of sp³-hybridized carbons (Fsp3) is 0.188. The molecule has 0 aromatic heterocycles. The molecule has 0 aliphatic rings. The number of hydrogen-bond donors (Lipinski definition) is 1. The van der Waals surface area contributed by atoms with Crippen LogP contribution in [0.1, 0.15) is 12.5 Å². The molecule has 7 heteroatoms. The van der Waals surface area contributed by atoms with E-state index in [1.165, 1.54) is 37.3 Å². The molecular weight excluding hydrogens is 303 g/mol. The van der Waals surface area contributed by atoms with Gasteiger partial charge in [0.05, 0.1) is 4.92 Å². The molecule has 1 unspecified atom stereocenters. The lowest BCUT2D eigenvalue weighted by Crippen LogP contribution is -2.30. The Morgan fingerprint density at radius 2 is 1.91 bits per heavy atom. The summed E-state index contributed by atoms with van der Waals surface area (Å²) in [6.45, 7) is 3.14. The normalized spacial score (nSPS) is 11.6. The number of carbonyl (C=O) groups is 1. The van der Waals surface area contributed by atoms with E-state index in [9.17, 15) is 19.3 Å². The molecule has 120 valence electrons. The Hall–Kier alpha value is -2.96. The van der Waals surface area contributed by atoms with E-state index in [2.05, 4.69) is 5.32 Å². The van der Waals surface area contributed by atoms with Crippen molar-refractivity contribution in [1.82, 2.24) is 0 Å². The van der Waals surface area contributed by atoms with Crippen LogP contribution in [0.25, 0.3) is 0 Å². The maximum atomic E-state index is 12.8. The van der Waals surface area contributed by atoms with Gasteiger partial charge in [-0.15, -0.1) is 0 Å². The number of ether oxygens (including phenoxy) is 1. The molecule has 0 spiro atoms. The highest BCUT2D eigenvalue weighted by Gasteiger charge is 2.17. The number of amides is 1. The summed E-state index contributed by atoms with van der Waals surface area (Å²) in [6.07, 6.45) is -0.846. The first-order valence-corrected chi connectivity index (χ1v) is 6.85. The summed E-state index contributed by atoms with van der Waals surface area (Å²) in [6, 6.07) is 9.69. The third-order valence-corrected chi connectivity index (χ3v) is 3.17. The second-order valence-electron chi connectivity index (χ2n) is 4.96. The summed E-state index contributed by atoms with van der Waals surface area (Å²) in [5.41, 5.74) is 0.736. The standard InChI is InChI=1S/C16H15FN2O4/c1-10-3-6-13(9-15(10)19(21)22)18-16(20)11(2)23-14-7-4-12(17)5-8-14/h3-9,11H,1-2H3,(H,18,20). The van der Waals surface area contributed by atoms with E-state index in [1.807, 2.05) is 0 Å². The van der Waals surface area contributed by atoms with Crippen molar-refractivity contribution < 1.29 is 18.8 Å². The van der Waals surface area contributed by atoms with E-state index in [4.69, 9.17) is 4.74 Å². The SMILES string of the molecule is Cc1ccc(NC(=O)C(C)Oc2ccc(F)cc2)cc1[N+](=O)[O-]. The third kappa shape index (κ3) is 4.26. The summed E-state index contributed by atoms with van der Waals surface area (Å²) in [4.78, 5) is 22.5. The lowest BCUT2D eigenvalue weighted by molar-refractivity contribution is -0.385. The van der Waals surface area contributed by atoms with Gasteiger partial charge >= 0.3 is 0 Å². The molecule has 23 heavy (non-hydrogen) atoms. The van der Waals surface area contributed by atoms with E-state index < -0.39 is 22.8 Å². The van der Waals surface area contributed by atoms with Crippen LogP contribution in [0, 0.1) is 22.9 Å². The average Bonchev–Trinajstić information content (AvgIpc) is 2.51. The molecule has 0 heterocycles. The summed E-state index contributed by atoms with van der Waals surface area (Å²) in [7, 11) is 0. The molecule has 6 nitrogen and oxygen atoms in total. The van der Waals surface area contributed by atoms with Crippen molar-refractivity contribution in [3.8, 4) is 5.75 Å². The van der Waals surface area contributed by atoms with E-state index >= 15 is 0 Å². The van der Waals surface area contributed by atoms with E-state index in [0.29, 0.717) is 17.0 Å². The van der Waals surface area contributed by atoms with Gasteiger partial charge < -0.3 is 10.1 Å². The van der Waals surface area contributed by atoms with Gasteiger partial charge in [0.15, 0.2) is 6.10 Å². The number of nitrogens with one attached hydrogen (secondary N) is 1. The van der Waals surface area contributed by atoms with Gasteiger partial charge in [-0.1, -0.05) is 6.07 Å². The fourth-order valence-electron chi connectivity index (χ4n) is 1.90. The molecule has 2 rings (SSSR count). The molecule has 0 saturated carbocycles. The van der Waals surface area contributed by atoms with Crippen LogP contribution in [0.4, 0.5) is 15.8 Å². The van der Waals surface area contributed by atoms with Gasteiger partial charge in [-0.05, 0) is 44.2 Å². The van der Waals surface area contributed by atoms with E-state index in [0.717, 1.165) is 0 Å². The van der Waals surface area contributed by atoms with Crippen molar-refractivity contribution in [1.29, 1.82) is 0 Å². The van der Waals surface area contributed by atoms with Crippen LogP contribution in [0.3, 0.4) is 0 Å². The van der Waals surface area contributed by atoms with Gasteiger partial charge in [0.2, 0.25) is 0 Å². The number of nitro benzene ring substituents is 1. The first kappa shape index (κ1) is 16.4. The van der Waals surface area contributed by atoms with Crippen molar-refractivity contribution >= 4 is 17.3 Å². The molecule has 0 aliphatic heterocycles. The number of halogens is 1. The number of nitrogens with zero attached hydrogens (tertiary/aromatic N) is 1. The van der Waals surface area contributed by atoms with Crippen LogP contribution < -0.4 is 10.1 Å². The maximum absolute atomic E-state index is 12.8. The zero-order chi connectivity index (χ0) is 17.0. The molecule has 0 saturated heterocycles. The largest absolute Gasteiger partial charge is 0.481 e. The Morgan fingerprint density at radius 3 is 2.52 bits per heavy atom. The number of aryl methyl sites for hydroxylation is 1. The van der Waals surface area contributed by atoms with Crippen molar-refractivity contribution in [3.63, 3.8) is 0 Å². The van der Waals surface area contributed by atoms with Crippen molar-refractivity contribution in [2.45, 2.75) is 20.0 Å². The smallest absolute Gasteiger partial charge is 0.274 e. The molecule has 2 aromatic carbocycles. The Kier molecular flexibility index (Phi) is 4.90. The Bertz CT molecular complexity index is 731. The molecule has 0 bridgehead atoms. The number of anilines is 1. The summed E-state index contributed by atoms with van der Waals surface area (Å²) in [5, 5.41) is 13.5. The monoisotopic (exact) mass is 318 g/mol. The highest BCUT2D eigenvalue weighted by molar-refractivity contribution is 5.94. The number of nitro groups is 1. The topological polar surface area (TPSA) is 81.5 Å². The summed E-state index contributed by atoms with van der Waals surface area (Å²) < 4.78 is 18.2. The minimum Gasteiger partial charge on any atom is -0.481 e. The second-order valence-corrected chi connectivity index (χ2v) is 4.96. The Labute approximate surface area is 132 Å². The highest BCUT2D eigenvalue weighted by atomic mass is 19.1. The quantitative estimate of drug-likeness (QED) is 0.676. The summed E-state index contributed by atoms with van der Waals surface area (Å²) >= 11 is 0. The van der Waals surface area contributed by atoms with Crippen LogP contribution >= 0.6 is 0 Å². The second kappa shape index (κ2) is 6.87. The molecule has 1 N–H and O–H groups in total. The molecule has 0 radical (unpaired) electrons. The number of rotatable bonds is 5. The third-order valence-electron chi connectivity index (χ3n) is 3.17. The minimum atomic E-state index is -0.846. The van der Waals surface area contributed by atoms with E-state index in [1.54, 1.807) is 19.1 Å². The van der Waals surface area contributed by atoms with Crippen molar-refractivity contribution in [2.24, 2.45) is 0 Å². The fourth-order valence-corrected chi connectivity index (χ4v) is 1.90. The van der Waals surface area contributed by atoms with Gasteiger partial charge in [-0.2, -0.15) is 0 Å². The van der Waals surface area contributed by atoms with Gasteiger partial charge in [0.25, 0.3) is 11.6 Å². The van der Waals surface area contributed by atoms with Crippen LogP contribution in [-0.4, -0.2) is 16.9 Å². The van der Waals surface area contributed by atoms with Gasteiger partial charge in [0, 0.05) is 17.3 Å². The first-order valence-electron chi connectivity index (χ1n) is 6.85. The molecule has 0 aliphatic carbocycles. The number of benzene rings is 2. The van der Waals surface area contributed by atoms with Crippen LogP contribution in [0.15, 0.2) is 42.5 Å². The van der Waals surface area contributed by atoms with Crippen LogP contribution in [-0.2, 0) is 4.79 Å². The van der Waals surface area contributed by atoms with Crippen LogP contribution in [0.2, 0.25) is 0 Å².